The van der Waals surface area contributed by atoms with Crippen molar-refractivity contribution in [3.05, 3.63) is 0 Å². The van der Waals surface area contributed by atoms with Crippen LogP contribution in [-0.2, 0) is 18.9 Å². The Kier molecular flexibility index (Phi) is 1.46. The first kappa shape index (κ1) is 7.26. The van der Waals surface area contributed by atoms with Crippen LogP contribution in [0.5, 0.6) is 0 Å². The summed E-state index contributed by atoms with van der Waals surface area (Å²) in [7, 11) is 0. The van der Waals surface area contributed by atoms with E-state index in [-0.39, 0.29) is 12.4 Å². The minimum Gasteiger partial charge on any atom is -0.345 e. The van der Waals surface area contributed by atoms with Gasteiger partial charge in [0, 0.05) is 6.42 Å². The van der Waals surface area contributed by atoms with Gasteiger partial charge in [-0.05, 0) is 6.42 Å². The van der Waals surface area contributed by atoms with Gasteiger partial charge in [0.25, 0.3) is 0 Å². The highest BCUT2D eigenvalue weighted by atomic mass is 16.8. The van der Waals surface area contributed by atoms with E-state index in [1.54, 1.807) is 0 Å². The first-order valence-electron chi connectivity index (χ1n) is 4.44. The Morgan fingerprint density at radius 2 is 2.00 bits per heavy atom. The summed E-state index contributed by atoms with van der Waals surface area (Å²) >= 11 is 0. The number of fused-ring (bicyclic) bond motifs is 3. The molecule has 1 spiro atoms. The van der Waals surface area contributed by atoms with Crippen LogP contribution in [0, 0.1) is 0 Å². The van der Waals surface area contributed by atoms with Gasteiger partial charge in [0.05, 0.1) is 25.9 Å². The van der Waals surface area contributed by atoms with E-state index >= 15 is 0 Å². The molecule has 0 aromatic carbocycles. The smallest absolute Gasteiger partial charge is 0.220 e. The van der Waals surface area contributed by atoms with E-state index in [2.05, 4.69) is 0 Å². The summed E-state index contributed by atoms with van der Waals surface area (Å²) in [6.07, 6.45) is 1.88. The van der Waals surface area contributed by atoms with Crippen molar-refractivity contribution in [2.45, 2.75) is 31.0 Å². The monoisotopic (exact) mass is 172 g/mol. The molecule has 0 unspecified atom stereocenters. The van der Waals surface area contributed by atoms with Crippen molar-refractivity contribution < 1.29 is 18.9 Å². The predicted octanol–water partition coefficient (Wildman–Crippen LogP) is 0.265. The Labute approximate surface area is 70.7 Å². The molecule has 0 saturated carbocycles. The number of rotatable bonds is 0. The molecule has 0 aliphatic carbocycles. The molecule has 2 bridgehead atoms. The lowest BCUT2D eigenvalue weighted by Gasteiger charge is -2.35. The highest BCUT2D eigenvalue weighted by Crippen LogP contribution is 2.40. The van der Waals surface area contributed by atoms with E-state index in [0.29, 0.717) is 19.8 Å². The summed E-state index contributed by atoms with van der Waals surface area (Å²) in [5.74, 6) is -0.562. The van der Waals surface area contributed by atoms with Crippen LogP contribution in [0.4, 0.5) is 0 Å². The molecule has 3 saturated heterocycles. The molecule has 0 aromatic heterocycles. The maximum atomic E-state index is 5.56. The van der Waals surface area contributed by atoms with Crippen LogP contribution < -0.4 is 0 Å². The Bertz CT molecular complexity index is 187. The maximum Gasteiger partial charge on any atom is 0.220 e. The average Bonchev–Trinajstić information content (AvgIpc) is 2.64. The van der Waals surface area contributed by atoms with Crippen LogP contribution in [0.1, 0.15) is 12.8 Å². The summed E-state index contributed by atoms with van der Waals surface area (Å²) in [6, 6.07) is 0. The predicted molar refractivity (Wildman–Crippen MR) is 38.5 cm³/mol. The van der Waals surface area contributed by atoms with Gasteiger partial charge in [-0.1, -0.05) is 0 Å². The minimum atomic E-state index is -0.562. The summed E-state index contributed by atoms with van der Waals surface area (Å²) < 4.78 is 22.1. The number of ether oxygens (including phenoxy) is 4. The van der Waals surface area contributed by atoms with Crippen LogP contribution in [0.25, 0.3) is 0 Å². The minimum absolute atomic E-state index is 0.272. The van der Waals surface area contributed by atoms with Crippen molar-refractivity contribution >= 4 is 0 Å². The fraction of sp³-hybridized carbons (Fsp3) is 1.00. The van der Waals surface area contributed by atoms with Crippen molar-refractivity contribution in [3.63, 3.8) is 0 Å². The zero-order chi connectivity index (χ0) is 8.02. The van der Waals surface area contributed by atoms with Crippen LogP contribution in [-0.4, -0.2) is 38.0 Å². The van der Waals surface area contributed by atoms with E-state index in [9.17, 15) is 0 Å². The summed E-state index contributed by atoms with van der Waals surface area (Å²) in [6.45, 7) is 2.01. The van der Waals surface area contributed by atoms with Gasteiger partial charge >= 0.3 is 0 Å². The lowest BCUT2D eigenvalue weighted by Crippen LogP contribution is -2.47. The van der Waals surface area contributed by atoms with Crippen LogP contribution in [0.3, 0.4) is 0 Å². The van der Waals surface area contributed by atoms with Gasteiger partial charge in [-0.3, -0.25) is 0 Å². The molecule has 12 heavy (non-hydrogen) atoms. The van der Waals surface area contributed by atoms with Gasteiger partial charge in [0.1, 0.15) is 0 Å². The second-order valence-electron chi connectivity index (χ2n) is 3.47. The largest absolute Gasteiger partial charge is 0.345 e. The Hall–Kier alpha value is -0.160. The number of hydrogen-bond donors (Lipinski definition) is 0. The second-order valence-corrected chi connectivity index (χ2v) is 3.47. The van der Waals surface area contributed by atoms with Gasteiger partial charge < -0.3 is 18.9 Å². The highest BCUT2D eigenvalue weighted by molar-refractivity contribution is 4.88. The molecule has 0 N–H and O–H groups in total. The van der Waals surface area contributed by atoms with Gasteiger partial charge in [-0.2, -0.15) is 0 Å². The third-order valence-electron chi connectivity index (χ3n) is 2.70. The van der Waals surface area contributed by atoms with Crippen molar-refractivity contribution in [2.75, 3.05) is 19.8 Å². The first-order valence-corrected chi connectivity index (χ1v) is 4.44. The molecule has 3 aliphatic rings. The quantitative estimate of drug-likeness (QED) is 0.525. The standard InChI is InChI=1S/C8H12O4/c1-2-8(10-3-4-11-8)7-9-5-6(1)12-7/h6-7H,1-5H2/t6-,7+/m0/s1. The van der Waals surface area contributed by atoms with E-state index in [1.807, 2.05) is 0 Å². The van der Waals surface area contributed by atoms with E-state index in [0.717, 1.165) is 12.8 Å². The van der Waals surface area contributed by atoms with Crippen molar-refractivity contribution in [3.8, 4) is 0 Å². The molecular formula is C8H12O4. The molecule has 3 rings (SSSR count). The highest BCUT2D eigenvalue weighted by Gasteiger charge is 2.53. The molecule has 68 valence electrons. The fourth-order valence-corrected chi connectivity index (χ4v) is 2.06. The lowest BCUT2D eigenvalue weighted by molar-refractivity contribution is -0.302. The zero-order valence-electron chi connectivity index (χ0n) is 6.82. The van der Waals surface area contributed by atoms with Crippen LogP contribution >= 0.6 is 0 Å². The molecular weight excluding hydrogens is 160 g/mol. The van der Waals surface area contributed by atoms with E-state index < -0.39 is 5.79 Å². The summed E-state index contributed by atoms with van der Waals surface area (Å²) in [5, 5.41) is 0. The van der Waals surface area contributed by atoms with Gasteiger partial charge in [-0.15, -0.1) is 0 Å². The fourth-order valence-electron chi connectivity index (χ4n) is 2.06. The topological polar surface area (TPSA) is 36.9 Å². The van der Waals surface area contributed by atoms with E-state index in [1.165, 1.54) is 0 Å². The zero-order valence-corrected chi connectivity index (χ0v) is 6.82. The summed E-state index contributed by atoms with van der Waals surface area (Å²) in [5.41, 5.74) is 0. The van der Waals surface area contributed by atoms with Gasteiger partial charge in [-0.25, -0.2) is 0 Å². The SMILES string of the molecule is C1COC2(CC[C@H]3CO[C@@H]2O3)O1. The molecule has 4 heteroatoms. The summed E-state index contributed by atoms with van der Waals surface area (Å²) in [4.78, 5) is 0. The maximum absolute atomic E-state index is 5.56. The average molecular weight is 172 g/mol. The van der Waals surface area contributed by atoms with Crippen LogP contribution in [0.15, 0.2) is 0 Å². The molecule has 2 atom stereocenters. The third kappa shape index (κ3) is 0.864. The van der Waals surface area contributed by atoms with Crippen LogP contribution in [0.2, 0.25) is 0 Å². The Morgan fingerprint density at radius 3 is 2.83 bits per heavy atom. The molecule has 0 amide bonds. The first-order chi connectivity index (χ1) is 5.89. The van der Waals surface area contributed by atoms with Gasteiger partial charge in [0.2, 0.25) is 12.1 Å². The second kappa shape index (κ2) is 2.42. The van der Waals surface area contributed by atoms with Crippen molar-refractivity contribution in [1.82, 2.24) is 0 Å². The molecule has 0 aromatic rings. The molecule has 0 radical (unpaired) electrons. The third-order valence-corrected chi connectivity index (χ3v) is 2.70. The van der Waals surface area contributed by atoms with Crippen molar-refractivity contribution in [2.24, 2.45) is 0 Å². The molecule has 4 nitrogen and oxygen atoms in total. The molecule has 3 aliphatic heterocycles. The number of hydrogen-bond acceptors (Lipinski definition) is 4. The Balaban J connectivity index is 1.85. The van der Waals surface area contributed by atoms with Crippen molar-refractivity contribution in [1.29, 1.82) is 0 Å². The Morgan fingerprint density at radius 1 is 1.17 bits per heavy atom. The van der Waals surface area contributed by atoms with E-state index in [4.69, 9.17) is 18.9 Å². The molecule has 3 fully saturated rings. The normalized spacial score (nSPS) is 44.0. The lowest BCUT2D eigenvalue weighted by atomic mass is 10.1. The van der Waals surface area contributed by atoms with Gasteiger partial charge in [0.15, 0.2) is 0 Å². The molecule has 3 heterocycles.